The van der Waals surface area contributed by atoms with Crippen LogP contribution in [0, 0.1) is 20.8 Å². The summed E-state index contributed by atoms with van der Waals surface area (Å²) in [5, 5.41) is 3.95. The normalized spacial score (nSPS) is 11.5. The van der Waals surface area contributed by atoms with Crippen molar-refractivity contribution in [3.05, 3.63) is 65.0 Å². The summed E-state index contributed by atoms with van der Waals surface area (Å²) in [5.41, 5.74) is 4.65. The lowest BCUT2D eigenvalue weighted by Crippen LogP contribution is -2.14. The number of benzene rings is 2. The molecule has 0 aliphatic rings. The number of nitrogens with one attached hydrogen (secondary N) is 1. The lowest BCUT2D eigenvalue weighted by Gasteiger charge is -2.13. The minimum absolute atomic E-state index is 0.247. The van der Waals surface area contributed by atoms with E-state index in [1.165, 1.54) is 0 Å². The van der Waals surface area contributed by atoms with E-state index >= 15 is 0 Å². The highest BCUT2D eigenvalue weighted by Gasteiger charge is 2.20. The second-order valence-electron chi connectivity index (χ2n) is 6.34. The molecule has 0 aliphatic heterocycles. The van der Waals surface area contributed by atoms with Gasteiger partial charge >= 0.3 is 0 Å². The Morgan fingerprint density at radius 1 is 1.08 bits per heavy atom. The van der Waals surface area contributed by atoms with Gasteiger partial charge in [0.2, 0.25) is 0 Å². The summed E-state index contributed by atoms with van der Waals surface area (Å²) in [6.45, 7) is 7.48. The number of hydrogen-bond donors (Lipinski definition) is 1. The number of hydrogen-bond acceptors (Lipinski definition) is 4. The molecule has 136 valence electrons. The van der Waals surface area contributed by atoms with Crippen molar-refractivity contribution in [2.24, 2.45) is 0 Å². The molecule has 6 heteroatoms. The molecule has 0 aliphatic carbocycles. The summed E-state index contributed by atoms with van der Waals surface area (Å²) in [6, 6.07) is 12.8. The van der Waals surface area contributed by atoms with Crippen LogP contribution in [0.4, 0.5) is 5.69 Å². The van der Waals surface area contributed by atoms with Gasteiger partial charge in [-0.25, -0.2) is 8.42 Å². The molecule has 1 aromatic heterocycles. The monoisotopic (exact) mass is 370 g/mol. The number of rotatable bonds is 5. The van der Waals surface area contributed by atoms with Crippen molar-refractivity contribution in [3.8, 4) is 11.1 Å². The van der Waals surface area contributed by atoms with Crippen molar-refractivity contribution in [1.82, 2.24) is 5.16 Å². The topological polar surface area (TPSA) is 72.2 Å². The van der Waals surface area contributed by atoms with Crippen LogP contribution in [0.25, 0.3) is 11.1 Å². The van der Waals surface area contributed by atoms with Crippen LogP contribution in [-0.4, -0.2) is 13.6 Å². The zero-order valence-electron chi connectivity index (χ0n) is 15.3. The Kier molecular flexibility index (Phi) is 4.87. The van der Waals surface area contributed by atoms with Crippen LogP contribution in [0.2, 0.25) is 0 Å². The highest BCUT2D eigenvalue weighted by molar-refractivity contribution is 7.92. The minimum atomic E-state index is -3.71. The van der Waals surface area contributed by atoms with Gasteiger partial charge in [0.1, 0.15) is 5.76 Å². The predicted octanol–water partition coefficient (Wildman–Crippen LogP) is 4.63. The fourth-order valence-corrected chi connectivity index (χ4v) is 4.33. The summed E-state index contributed by atoms with van der Waals surface area (Å²) in [4.78, 5) is 0.247. The van der Waals surface area contributed by atoms with E-state index in [1.54, 1.807) is 25.1 Å². The number of anilines is 1. The molecule has 26 heavy (non-hydrogen) atoms. The second kappa shape index (κ2) is 6.96. The third-order valence-corrected chi connectivity index (χ3v) is 5.91. The molecule has 0 saturated carbocycles. The van der Waals surface area contributed by atoms with Crippen LogP contribution in [0.1, 0.15) is 29.5 Å². The molecule has 0 bridgehead atoms. The van der Waals surface area contributed by atoms with E-state index in [9.17, 15) is 8.42 Å². The maximum absolute atomic E-state index is 13.0. The van der Waals surface area contributed by atoms with Crippen LogP contribution in [0.5, 0.6) is 0 Å². The van der Waals surface area contributed by atoms with Crippen molar-refractivity contribution >= 4 is 15.7 Å². The van der Waals surface area contributed by atoms with Gasteiger partial charge < -0.3 is 4.52 Å². The first-order chi connectivity index (χ1) is 12.3. The molecule has 1 heterocycles. The number of aromatic nitrogens is 1. The molecule has 1 N–H and O–H groups in total. The SMILES string of the molecule is CCc1cccc(NS(=O)(=O)c2cc(-c3c(C)noc3C)ccc2C)c1. The van der Waals surface area contributed by atoms with E-state index < -0.39 is 10.0 Å². The summed E-state index contributed by atoms with van der Waals surface area (Å²) < 4.78 is 33.8. The van der Waals surface area contributed by atoms with Crippen molar-refractivity contribution < 1.29 is 12.9 Å². The molecule has 0 unspecified atom stereocenters. The number of aryl methyl sites for hydroxylation is 4. The Bertz CT molecular complexity index is 1030. The number of nitrogens with zero attached hydrogens (tertiary/aromatic N) is 1. The van der Waals surface area contributed by atoms with E-state index in [-0.39, 0.29) is 4.90 Å². The van der Waals surface area contributed by atoms with E-state index in [0.29, 0.717) is 17.0 Å². The van der Waals surface area contributed by atoms with Crippen LogP contribution >= 0.6 is 0 Å². The fourth-order valence-electron chi connectivity index (χ4n) is 3.01. The van der Waals surface area contributed by atoms with Gasteiger partial charge in [0.25, 0.3) is 10.0 Å². The molecule has 3 rings (SSSR count). The lowest BCUT2D eigenvalue weighted by molar-refractivity contribution is 0.393. The van der Waals surface area contributed by atoms with Gasteiger partial charge in [-0.05, 0) is 62.1 Å². The van der Waals surface area contributed by atoms with E-state index in [0.717, 1.165) is 28.8 Å². The van der Waals surface area contributed by atoms with Crippen LogP contribution < -0.4 is 4.72 Å². The van der Waals surface area contributed by atoms with Gasteiger partial charge in [0, 0.05) is 11.3 Å². The van der Waals surface area contributed by atoms with E-state index in [4.69, 9.17) is 4.52 Å². The standard InChI is InChI=1S/C20H22N2O3S/c1-5-16-7-6-8-18(11-16)22-26(23,24)19-12-17(10-9-13(19)2)20-14(3)21-25-15(20)4/h6-12,22H,5H2,1-4H3. The molecule has 0 radical (unpaired) electrons. The van der Waals surface area contributed by atoms with E-state index in [1.807, 2.05) is 45.0 Å². The third kappa shape index (κ3) is 3.51. The number of sulfonamides is 1. The van der Waals surface area contributed by atoms with Crippen LogP contribution in [-0.2, 0) is 16.4 Å². The highest BCUT2D eigenvalue weighted by Crippen LogP contribution is 2.30. The molecule has 0 amide bonds. The predicted molar refractivity (Wildman–Crippen MR) is 103 cm³/mol. The quantitative estimate of drug-likeness (QED) is 0.711. The smallest absolute Gasteiger partial charge is 0.262 e. The Morgan fingerprint density at radius 2 is 1.85 bits per heavy atom. The van der Waals surface area contributed by atoms with Crippen LogP contribution in [0.15, 0.2) is 51.9 Å². The zero-order valence-corrected chi connectivity index (χ0v) is 16.1. The fraction of sp³-hybridized carbons (Fsp3) is 0.250. The van der Waals surface area contributed by atoms with Crippen LogP contribution in [0.3, 0.4) is 0 Å². The Labute approximate surface area is 154 Å². The molecule has 0 fully saturated rings. The highest BCUT2D eigenvalue weighted by atomic mass is 32.2. The van der Waals surface area contributed by atoms with Gasteiger partial charge in [0.15, 0.2) is 0 Å². The van der Waals surface area contributed by atoms with Crippen molar-refractivity contribution in [1.29, 1.82) is 0 Å². The Balaban J connectivity index is 2.03. The van der Waals surface area contributed by atoms with Gasteiger partial charge in [0.05, 0.1) is 10.6 Å². The molecule has 0 spiro atoms. The third-order valence-electron chi connectivity index (χ3n) is 4.39. The zero-order chi connectivity index (χ0) is 18.9. The maximum atomic E-state index is 13.0. The summed E-state index contributed by atoms with van der Waals surface area (Å²) >= 11 is 0. The average molecular weight is 370 g/mol. The Hall–Kier alpha value is -2.60. The first-order valence-electron chi connectivity index (χ1n) is 8.47. The van der Waals surface area contributed by atoms with Gasteiger partial charge in [-0.3, -0.25) is 4.72 Å². The molecule has 5 nitrogen and oxygen atoms in total. The summed E-state index contributed by atoms with van der Waals surface area (Å²) in [7, 11) is -3.71. The maximum Gasteiger partial charge on any atom is 0.262 e. The molecule has 0 atom stereocenters. The van der Waals surface area contributed by atoms with Crippen molar-refractivity contribution in [2.75, 3.05) is 4.72 Å². The van der Waals surface area contributed by atoms with Gasteiger partial charge in [-0.1, -0.05) is 36.3 Å². The minimum Gasteiger partial charge on any atom is -0.361 e. The lowest BCUT2D eigenvalue weighted by atomic mass is 10.0. The van der Waals surface area contributed by atoms with Crippen molar-refractivity contribution in [3.63, 3.8) is 0 Å². The second-order valence-corrected chi connectivity index (χ2v) is 7.99. The molecular formula is C20H22N2O3S. The van der Waals surface area contributed by atoms with E-state index in [2.05, 4.69) is 9.88 Å². The summed E-state index contributed by atoms with van der Waals surface area (Å²) in [6.07, 6.45) is 0.843. The first-order valence-corrected chi connectivity index (χ1v) is 9.96. The van der Waals surface area contributed by atoms with Gasteiger partial charge in [-0.15, -0.1) is 0 Å². The average Bonchev–Trinajstić information content (AvgIpc) is 2.94. The largest absolute Gasteiger partial charge is 0.361 e. The first kappa shape index (κ1) is 18.2. The van der Waals surface area contributed by atoms with Crippen molar-refractivity contribution in [2.45, 2.75) is 39.0 Å². The Morgan fingerprint density at radius 3 is 2.50 bits per heavy atom. The van der Waals surface area contributed by atoms with Gasteiger partial charge in [-0.2, -0.15) is 0 Å². The summed E-state index contributed by atoms with van der Waals surface area (Å²) in [5.74, 6) is 0.665. The molecule has 2 aromatic carbocycles. The molecular weight excluding hydrogens is 348 g/mol. The molecule has 3 aromatic rings. The molecule has 0 saturated heterocycles.